The molecule has 0 saturated carbocycles. The van der Waals surface area contributed by atoms with Crippen molar-refractivity contribution in [3.63, 3.8) is 0 Å². The van der Waals surface area contributed by atoms with Gasteiger partial charge in [-0.25, -0.2) is 8.78 Å². The van der Waals surface area contributed by atoms with Gasteiger partial charge in [-0.1, -0.05) is 11.8 Å². The minimum atomic E-state index is -0.956. The van der Waals surface area contributed by atoms with Crippen molar-refractivity contribution in [2.45, 2.75) is 12.6 Å². The van der Waals surface area contributed by atoms with E-state index >= 15 is 0 Å². The van der Waals surface area contributed by atoms with Gasteiger partial charge in [0.05, 0.1) is 6.54 Å². The highest BCUT2D eigenvalue weighted by atomic mass is 19.1. The molecule has 196 valence electrons. The van der Waals surface area contributed by atoms with Crippen LogP contribution in [0.1, 0.15) is 27.0 Å². The molecule has 0 bridgehead atoms. The molecule has 0 saturated heterocycles. The number of nitrogens with one attached hydrogen (secondary N) is 3. The number of hydrogen-bond donors (Lipinski definition) is 5. The van der Waals surface area contributed by atoms with Crippen LogP contribution in [0.4, 0.5) is 14.5 Å². The van der Waals surface area contributed by atoms with Crippen LogP contribution in [-0.2, 0) is 16.1 Å². The van der Waals surface area contributed by atoms with Crippen LogP contribution >= 0.6 is 0 Å². The molecule has 3 aromatic carbocycles. The largest absolute Gasteiger partial charge is 0.388 e. The number of anilines is 1. The second kappa shape index (κ2) is 13.8. The molecule has 0 spiro atoms. The zero-order valence-electron chi connectivity index (χ0n) is 20.3. The first-order chi connectivity index (χ1) is 18.3. The van der Waals surface area contributed by atoms with Crippen molar-refractivity contribution < 1.29 is 28.3 Å². The summed E-state index contributed by atoms with van der Waals surface area (Å²) in [6.45, 7) is -0.729. The third-order valence-corrected chi connectivity index (χ3v) is 5.29. The van der Waals surface area contributed by atoms with Gasteiger partial charge in [0.25, 0.3) is 5.91 Å². The second-order valence-electron chi connectivity index (χ2n) is 8.22. The van der Waals surface area contributed by atoms with Gasteiger partial charge in [-0.15, -0.1) is 0 Å². The van der Waals surface area contributed by atoms with Gasteiger partial charge in [-0.05, 0) is 66.2 Å². The number of aliphatic hydroxyl groups is 1. The van der Waals surface area contributed by atoms with Gasteiger partial charge in [0.2, 0.25) is 5.91 Å². The Kier molecular flexibility index (Phi) is 10.2. The quantitative estimate of drug-likeness (QED) is 0.259. The van der Waals surface area contributed by atoms with Crippen molar-refractivity contribution in [1.82, 2.24) is 10.6 Å². The van der Waals surface area contributed by atoms with Crippen molar-refractivity contribution in [2.75, 3.05) is 25.0 Å². The molecule has 38 heavy (non-hydrogen) atoms. The summed E-state index contributed by atoms with van der Waals surface area (Å²) in [5.74, 6) is 3.24. The molecule has 8 nitrogen and oxygen atoms in total. The number of aliphatic hydroxyl groups excluding tert-OH is 1. The number of rotatable bonds is 10. The maximum Gasteiger partial charge on any atom is 0.251 e. The SMILES string of the molecule is NC[C@H](NC(=O)c1ccc(C#Cc2ccc(NC(=O)CNCc3cc(F)cc(F)c3)cc2)cc1)C(=O)CO. The van der Waals surface area contributed by atoms with Gasteiger partial charge in [0.15, 0.2) is 5.78 Å². The van der Waals surface area contributed by atoms with Crippen molar-refractivity contribution in [2.24, 2.45) is 5.73 Å². The number of ketones is 1. The van der Waals surface area contributed by atoms with Crippen molar-refractivity contribution >= 4 is 23.3 Å². The van der Waals surface area contributed by atoms with Crippen LogP contribution in [0.3, 0.4) is 0 Å². The topological polar surface area (TPSA) is 134 Å². The molecule has 3 aromatic rings. The maximum absolute atomic E-state index is 13.2. The van der Waals surface area contributed by atoms with E-state index in [0.29, 0.717) is 27.9 Å². The monoisotopic (exact) mass is 520 g/mol. The number of hydrogen-bond acceptors (Lipinski definition) is 6. The predicted molar refractivity (Wildman–Crippen MR) is 138 cm³/mol. The Labute approximate surface area is 218 Å². The normalized spacial score (nSPS) is 11.2. The van der Waals surface area contributed by atoms with E-state index in [1.54, 1.807) is 48.5 Å². The molecule has 2 amide bonds. The highest BCUT2D eigenvalue weighted by Gasteiger charge is 2.18. The fourth-order valence-corrected chi connectivity index (χ4v) is 3.35. The molecule has 10 heteroatoms. The lowest BCUT2D eigenvalue weighted by molar-refractivity contribution is -0.123. The number of benzene rings is 3. The summed E-state index contributed by atoms with van der Waals surface area (Å²) in [5.41, 5.74) is 8.09. The van der Waals surface area contributed by atoms with Crippen LogP contribution in [0, 0.1) is 23.5 Å². The Bertz CT molecular complexity index is 1330. The minimum Gasteiger partial charge on any atom is -0.388 e. The third-order valence-electron chi connectivity index (χ3n) is 5.29. The Morgan fingerprint density at radius 2 is 1.47 bits per heavy atom. The van der Waals surface area contributed by atoms with Crippen LogP contribution in [0.15, 0.2) is 66.7 Å². The summed E-state index contributed by atoms with van der Waals surface area (Å²) < 4.78 is 26.4. The lowest BCUT2D eigenvalue weighted by Crippen LogP contribution is -2.46. The van der Waals surface area contributed by atoms with Crippen molar-refractivity contribution in [1.29, 1.82) is 0 Å². The van der Waals surface area contributed by atoms with Crippen LogP contribution in [0.2, 0.25) is 0 Å². The smallest absolute Gasteiger partial charge is 0.251 e. The summed E-state index contributed by atoms with van der Waals surface area (Å²) >= 11 is 0. The highest BCUT2D eigenvalue weighted by Crippen LogP contribution is 2.10. The number of nitrogens with two attached hydrogens (primary N) is 1. The van der Waals surface area contributed by atoms with Crippen molar-refractivity contribution in [3.8, 4) is 11.8 Å². The lowest BCUT2D eigenvalue weighted by atomic mass is 10.1. The zero-order chi connectivity index (χ0) is 27.5. The van der Waals surface area contributed by atoms with Gasteiger partial charge in [-0.2, -0.15) is 0 Å². The number of carbonyl (C=O) groups is 3. The van der Waals surface area contributed by atoms with E-state index in [-0.39, 0.29) is 25.5 Å². The molecule has 0 heterocycles. The van der Waals surface area contributed by atoms with E-state index in [2.05, 4.69) is 27.8 Å². The van der Waals surface area contributed by atoms with E-state index < -0.39 is 36.0 Å². The molecule has 0 aliphatic heterocycles. The fourth-order valence-electron chi connectivity index (χ4n) is 3.35. The molecule has 0 aliphatic rings. The van der Waals surface area contributed by atoms with Gasteiger partial charge >= 0.3 is 0 Å². The summed E-state index contributed by atoms with van der Waals surface area (Å²) in [6.07, 6.45) is 0. The first kappa shape index (κ1) is 28.1. The van der Waals surface area contributed by atoms with Gasteiger partial charge in [0, 0.05) is 41.5 Å². The molecular weight excluding hydrogens is 494 g/mol. The third kappa shape index (κ3) is 8.60. The number of Topliss-reactive ketones (excluding diaryl/α,β-unsaturated/α-hetero) is 1. The summed E-state index contributed by atoms with van der Waals surface area (Å²) in [5, 5.41) is 17.0. The van der Waals surface area contributed by atoms with Gasteiger partial charge < -0.3 is 26.8 Å². The maximum atomic E-state index is 13.2. The van der Waals surface area contributed by atoms with Crippen molar-refractivity contribution in [3.05, 3.63) is 101 Å². The molecule has 0 aliphatic carbocycles. The predicted octanol–water partition coefficient (Wildman–Crippen LogP) is 1.71. The van der Waals surface area contributed by atoms with Gasteiger partial charge in [-0.3, -0.25) is 14.4 Å². The molecule has 0 fully saturated rings. The van der Waals surface area contributed by atoms with Crippen LogP contribution in [-0.4, -0.2) is 48.4 Å². The minimum absolute atomic E-state index is 0.0433. The van der Waals surface area contributed by atoms with E-state index in [9.17, 15) is 23.2 Å². The van der Waals surface area contributed by atoms with E-state index in [0.717, 1.165) is 6.07 Å². The van der Waals surface area contributed by atoms with E-state index in [1.165, 1.54) is 12.1 Å². The number of carbonyl (C=O) groups excluding carboxylic acids is 3. The molecule has 1 atom stereocenters. The average Bonchev–Trinajstić information content (AvgIpc) is 2.90. The van der Waals surface area contributed by atoms with Crippen LogP contribution in [0.25, 0.3) is 0 Å². The van der Waals surface area contributed by atoms with E-state index in [1.807, 2.05) is 0 Å². The molecule has 0 unspecified atom stereocenters. The zero-order valence-corrected chi connectivity index (χ0v) is 20.3. The van der Waals surface area contributed by atoms with Crippen LogP contribution < -0.4 is 21.7 Å². The second-order valence-corrected chi connectivity index (χ2v) is 8.22. The highest BCUT2D eigenvalue weighted by molar-refractivity contribution is 5.98. The standard InChI is InChI=1S/C28H26F2N4O4/c29-22-11-20(12-23(30)13-22)15-32-16-27(37)33-24-9-5-19(6-10-24)2-1-18-3-7-21(8-4-18)28(38)34-25(14-31)26(36)17-35/h3-13,25,32,35H,14-17,31H2,(H,33,37)(H,34,38)/t25-/m0/s1. The Morgan fingerprint density at radius 3 is 2.03 bits per heavy atom. The average molecular weight is 521 g/mol. The molecule has 0 aromatic heterocycles. The Balaban J connectivity index is 1.49. The molecule has 0 radical (unpaired) electrons. The number of amides is 2. The molecular formula is C28H26F2N4O4. The lowest BCUT2D eigenvalue weighted by Gasteiger charge is -2.14. The first-order valence-electron chi connectivity index (χ1n) is 11.6. The van der Waals surface area contributed by atoms with Crippen LogP contribution in [0.5, 0.6) is 0 Å². The Hall–Kier alpha value is -4.43. The van der Waals surface area contributed by atoms with E-state index in [4.69, 9.17) is 10.8 Å². The molecule has 6 N–H and O–H groups in total. The first-order valence-corrected chi connectivity index (χ1v) is 11.6. The summed E-state index contributed by atoms with van der Waals surface area (Å²) in [4.78, 5) is 36.0. The Morgan fingerprint density at radius 1 is 0.895 bits per heavy atom. The summed E-state index contributed by atoms with van der Waals surface area (Å²) in [7, 11) is 0. The van der Waals surface area contributed by atoms with Gasteiger partial charge in [0.1, 0.15) is 24.3 Å². The molecule has 3 rings (SSSR count). The summed E-state index contributed by atoms with van der Waals surface area (Å²) in [6, 6.07) is 15.5. The number of halogens is 2. The fraction of sp³-hybridized carbons (Fsp3) is 0.179.